The maximum atomic E-state index is 13.4. The van der Waals surface area contributed by atoms with Crippen molar-refractivity contribution in [3.8, 4) is 0 Å². The van der Waals surface area contributed by atoms with E-state index in [9.17, 15) is 19.2 Å². The minimum Gasteiger partial charge on any atom is -0.324 e. The zero-order valence-corrected chi connectivity index (χ0v) is 18.9. The van der Waals surface area contributed by atoms with E-state index in [2.05, 4.69) is 10.6 Å². The summed E-state index contributed by atoms with van der Waals surface area (Å²) in [7, 11) is 0. The second kappa shape index (κ2) is 7.98. The average molecular weight is 457 g/mol. The first-order chi connectivity index (χ1) is 16.3. The molecule has 1 saturated heterocycles. The average Bonchev–Trinajstić information content (AvgIpc) is 2.95. The number of anilines is 2. The van der Waals surface area contributed by atoms with Crippen molar-refractivity contribution >= 4 is 45.9 Å². The smallest absolute Gasteiger partial charge is 0.324 e. The van der Waals surface area contributed by atoms with Gasteiger partial charge < -0.3 is 15.5 Å². The van der Waals surface area contributed by atoms with Crippen LogP contribution < -0.4 is 15.5 Å². The van der Waals surface area contributed by atoms with E-state index in [0.29, 0.717) is 16.9 Å². The SMILES string of the molecule is C[C@@H]1CC(=O)Nc2ccccc2N1C(=O)CN1C(=O)N[C@](C)(c2ccc3ccccc3c2)C1=O. The number of urea groups is 1. The van der Waals surface area contributed by atoms with Crippen molar-refractivity contribution < 1.29 is 19.2 Å². The summed E-state index contributed by atoms with van der Waals surface area (Å²) in [6.07, 6.45) is 0.107. The molecule has 34 heavy (non-hydrogen) atoms. The van der Waals surface area contributed by atoms with Gasteiger partial charge in [0.1, 0.15) is 12.1 Å². The normalized spacial score (nSPS) is 22.3. The third-order valence-corrected chi connectivity index (χ3v) is 6.52. The molecule has 5 rings (SSSR count). The zero-order valence-electron chi connectivity index (χ0n) is 18.9. The van der Waals surface area contributed by atoms with Gasteiger partial charge in [-0.2, -0.15) is 0 Å². The molecule has 0 spiro atoms. The van der Waals surface area contributed by atoms with Crippen LogP contribution in [0.2, 0.25) is 0 Å². The molecule has 2 atom stereocenters. The second-order valence-corrected chi connectivity index (χ2v) is 8.89. The van der Waals surface area contributed by atoms with E-state index in [1.54, 1.807) is 38.1 Å². The maximum absolute atomic E-state index is 13.4. The monoisotopic (exact) mass is 456 g/mol. The molecule has 1 fully saturated rings. The molecule has 3 aromatic carbocycles. The first-order valence-corrected chi connectivity index (χ1v) is 11.1. The molecule has 5 amide bonds. The molecular weight excluding hydrogens is 432 g/mol. The molecule has 0 bridgehead atoms. The van der Waals surface area contributed by atoms with E-state index in [1.165, 1.54) is 4.90 Å². The molecule has 172 valence electrons. The van der Waals surface area contributed by atoms with Gasteiger partial charge in [0.15, 0.2) is 0 Å². The Morgan fingerprint density at radius 2 is 1.71 bits per heavy atom. The Bertz CT molecular complexity index is 1350. The lowest BCUT2D eigenvalue weighted by Gasteiger charge is -2.29. The molecule has 3 aromatic rings. The highest BCUT2D eigenvalue weighted by atomic mass is 16.2. The van der Waals surface area contributed by atoms with Gasteiger partial charge >= 0.3 is 6.03 Å². The van der Waals surface area contributed by atoms with Crippen molar-refractivity contribution in [2.45, 2.75) is 31.8 Å². The number of amides is 5. The largest absolute Gasteiger partial charge is 0.325 e. The lowest BCUT2D eigenvalue weighted by Crippen LogP contribution is -2.47. The van der Waals surface area contributed by atoms with Crippen molar-refractivity contribution in [2.24, 2.45) is 0 Å². The van der Waals surface area contributed by atoms with E-state index in [4.69, 9.17) is 0 Å². The van der Waals surface area contributed by atoms with Gasteiger partial charge in [0.05, 0.1) is 11.4 Å². The molecule has 2 aliphatic rings. The van der Waals surface area contributed by atoms with Gasteiger partial charge in [-0.1, -0.05) is 48.5 Å². The number of nitrogens with one attached hydrogen (secondary N) is 2. The van der Waals surface area contributed by atoms with Crippen LogP contribution >= 0.6 is 0 Å². The van der Waals surface area contributed by atoms with Crippen molar-refractivity contribution in [3.05, 3.63) is 72.3 Å². The van der Waals surface area contributed by atoms with Gasteiger partial charge in [0.25, 0.3) is 5.91 Å². The Hall–Kier alpha value is -4.20. The Labute approximate surface area is 196 Å². The number of carbonyl (C=O) groups is 4. The minimum absolute atomic E-state index is 0.107. The molecule has 8 nitrogen and oxygen atoms in total. The van der Waals surface area contributed by atoms with Gasteiger partial charge in [-0.25, -0.2) is 4.79 Å². The number of fused-ring (bicyclic) bond motifs is 2. The Morgan fingerprint density at radius 3 is 2.50 bits per heavy atom. The van der Waals surface area contributed by atoms with Crippen molar-refractivity contribution in [1.29, 1.82) is 0 Å². The molecule has 0 unspecified atom stereocenters. The molecule has 8 heteroatoms. The summed E-state index contributed by atoms with van der Waals surface area (Å²) in [5.41, 5.74) is 0.405. The number of hydrogen-bond acceptors (Lipinski definition) is 4. The van der Waals surface area contributed by atoms with Gasteiger partial charge in [0.2, 0.25) is 11.8 Å². The van der Waals surface area contributed by atoms with Gasteiger partial charge in [0, 0.05) is 12.5 Å². The Kier molecular flexibility index (Phi) is 5.08. The molecule has 2 heterocycles. The number of carbonyl (C=O) groups excluding carboxylic acids is 4. The fraction of sp³-hybridized carbons (Fsp3) is 0.231. The topological polar surface area (TPSA) is 98.8 Å². The summed E-state index contributed by atoms with van der Waals surface area (Å²) < 4.78 is 0. The van der Waals surface area contributed by atoms with Crippen LogP contribution in [-0.4, -0.2) is 41.2 Å². The fourth-order valence-corrected chi connectivity index (χ4v) is 4.72. The van der Waals surface area contributed by atoms with Crippen LogP contribution in [0.5, 0.6) is 0 Å². The van der Waals surface area contributed by atoms with Crippen molar-refractivity contribution in [1.82, 2.24) is 10.2 Å². The molecule has 0 aromatic heterocycles. The summed E-state index contributed by atoms with van der Waals surface area (Å²) in [6, 6.07) is 19.3. The Balaban J connectivity index is 1.43. The lowest BCUT2D eigenvalue weighted by molar-refractivity contribution is -0.134. The highest BCUT2D eigenvalue weighted by Gasteiger charge is 2.50. The number of nitrogens with zero attached hydrogens (tertiary/aromatic N) is 2. The van der Waals surface area contributed by atoms with Crippen LogP contribution in [0.1, 0.15) is 25.8 Å². The molecular formula is C26H24N4O4. The van der Waals surface area contributed by atoms with E-state index in [0.717, 1.165) is 15.7 Å². The molecule has 2 N–H and O–H groups in total. The van der Waals surface area contributed by atoms with E-state index in [1.807, 2.05) is 42.5 Å². The molecule has 0 radical (unpaired) electrons. The van der Waals surface area contributed by atoms with E-state index in [-0.39, 0.29) is 12.3 Å². The van der Waals surface area contributed by atoms with Crippen LogP contribution in [0.15, 0.2) is 66.7 Å². The van der Waals surface area contributed by atoms with E-state index >= 15 is 0 Å². The maximum Gasteiger partial charge on any atom is 0.325 e. The highest BCUT2D eigenvalue weighted by molar-refractivity contribution is 6.12. The predicted molar refractivity (Wildman–Crippen MR) is 128 cm³/mol. The third-order valence-electron chi connectivity index (χ3n) is 6.52. The van der Waals surface area contributed by atoms with E-state index < -0.39 is 36.0 Å². The fourth-order valence-electron chi connectivity index (χ4n) is 4.72. The standard InChI is InChI=1S/C26H24N4O4/c1-16-13-22(31)27-20-9-5-6-10-21(20)30(16)23(32)15-29-24(33)26(2,28-25(29)34)19-12-11-17-7-3-4-8-18(17)14-19/h3-12,14,16H,13,15H2,1-2H3,(H,27,31)(H,28,34)/t16-,26-/m1/s1. The van der Waals surface area contributed by atoms with Crippen molar-refractivity contribution in [2.75, 3.05) is 16.8 Å². The van der Waals surface area contributed by atoms with Crippen LogP contribution in [0.3, 0.4) is 0 Å². The summed E-state index contributed by atoms with van der Waals surface area (Å²) in [4.78, 5) is 54.4. The number of rotatable bonds is 3. The summed E-state index contributed by atoms with van der Waals surface area (Å²) in [6.45, 7) is 2.99. The summed E-state index contributed by atoms with van der Waals surface area (Å²) in [5.74, 6) is -1.14. The van der Waals surface area contributed by atoms with Crippen LogP contribution in [0.4, 0.5) is 16.2 Å². The minimum atomic E-state index is -1.29. The second-order valence-electron chi connectivity index (χ2n) is 8.89. The van der Waals surface area contributed by atoms with Crippen LogP contribution in [-0.2, 0) is 19.9 Å². The molecule has 0 saturated carbocycles. The molecule has 0 aliphatic carbocycles. The number of hydrogen-bond donors (Lipinski definition) is 2. The van der Waals surface area contributed by atoms with Gasteiger partial charge in [-0.15, -0.1) is 0 Å². The van der Waals surface area contributed by atoms with Crippen molar-refractivity contribution in [3.63, 3.8) is 0 Å². The first-order valence-electron chi connectivity index (χ1n) is 11.1. The van der Waals surface area contributed by atoms with Gasteiger partial charge in [-0.3, -0.25) is 19.3 Å². The van der Waals surface area contributed by atoms with Gasteiger partial charge in [-0.05, 0) is 48.4 Å². The zero-order chi connectivity index (χ0) is 24.0. The molecule has 2 aliphatic heterocycles. The first kappa shape index (κ1) is 21.6. The van der Waals surface area contributed by atoms with Crippen LogP contribution in [0, 0.1) is 0 Å². The third kappa shape index (κ3) is 3.48. The number of imide groups is 1. The lowest BCUT2D eigenvalue weighted by atomic mass is 9.90. The predicted octanol–water partition coefficient (Wildman–Crippen LogP) is 3.37. The Morgan fingerprint density at radius 1 is 1.00 bits per heavy atom. The highest BCUT2D eigenvalue weighted by Crippen LogP contribution is 2.33. The summed E-state index contributed by atoms with van der Waals surface area (Å²) in [5, 5.41) is 7.55. The quantitative estimate of drug-likeness (QED) is 0.591. The number of para-hydroxylation sites is 2. The summed E-state index contributed by atoms with van der Waals surface area (Å²) >= 11 is 0. The number of benzene rings is 3. The van der Waals surface area contributed by atoms with Crippen LogP contribution in [0.25, 0.3) is 10.8 Å².